The average Bonchev–Trinajstić information content (AvgIpc) is 2.42. The van der Waals surface area contributed by atoms with Crippen LogP contribution in [0.1, 0.15) is 53.9 Å². The Morgan fingerprint density at radius 1 is 1.18 bits per heavy atom. The van der Waals surface area contributed by atoms with Crippen molar-refractivity contribution in [2.24, 2.45) is 5.92 Å². The zero-order valence-corrected chi connectivity index (χ0v) is 14.3. The van der Waals surface area contributed by atoms with Gasteiger partial charge in [-0.2, -0.15) is 0 Å². The molecule has 3 atom stereocenters. The van der Waals surface area contributed by atoms with Crippen LogP contribution in [-0.4, -0.2) is 47.5 Å². The van der Waals surface area contributed by atoms with Gasteiger partial charge in [0.05, 0.1) is 7.11 Å². The van der Waals surface area contributed by atoms with E-state index in [0.29, 0.717) is 6.42 Å². The highest BCUT2D eigenvalue weighted by Crippen LogP contribution is 2.30. The number of carbonyl (C=O) groups is 3. The predicted molar refractivity (Wildman–Crippen MR) is 81.4 cm³/mol. The molecule has 0 aromatic rings. The van der Waals surface area contributed by atoms with Crippen molar-refractivity contribution >= 4 is 17.8 Å². The first-order chi connectivity index (χ1) is 10.1. The minimum atomic E-state index is -0.866. The van der Waals surface area contributed by atoms with Gasteiger partial charge in [-0.15, -0.1) is 0 Å². The Hall–Kier alpha value is -1.59. The molecule has 1 aliphatic rings. The molecule has 0 spiro atoms. The van der Waals surface area contributed by atoms with E-state index < -0.39 is 29.4 Å². The summed E-state index contributed by atoms with van der Waals surface area (Å²) in [6.45, 7) is 9.01. The summed E-state index contributed by atoms with van der Waals surface area (Å²) in [5.41, 5.74) is -0.603. The van der Waals surface area contributed by atoms with Gasteiger partial charge < -0.3 is 14.4 Å². The molecule has 1 heterocycles. The summed E-state index contributed by atoms with van der Waals surface area (Å²) in [4.78, 5) is 37.6. The van der Waals surface area contributed by atoms with Gasteiger partial charge in [0.2, 0.25) is 5.78 Å². The number of ether oxygens (including phenoxy) is 2. The second-order valence-corrected chi connectivity index (χ2v) is 6.88. The quantitative estimate of drug-likeness (QED) is 0.591. The Labute approximate surface area is 132 Å². The van der Waals surface area contributed by atoms with Gasteiger partial charge in [0.1, 0.15) is 5.60 Å². The molecule has 6 heteroatoms. The second kappa shape index (κ2) is 7.11. The molecule has 0 radical (unpaired) electrons. The van der Waals surface area contributed by atoms with Crippen LogP contribution in [0.15, 0.2) is 0 Å². The topological polar surface area (TPSA) is 72.9 Å². The number of ketones is 1. The van der Waals surface area contributed by atoms with E-state index in [0.717, 1.165) is 12.8 Å². The van der Waals surface area contributed by atoms with Gasteiger partial charge in [0, 0.05) is 18.0 Å². The molecule has 0 aromatic carbocycles. The van der Waals surface area contributed by atoms with Gasteiger partial charge in [-0.05, 0) is 47.0 Å². The van der Waals surface area contributed by atoms with Crippen LogP contribution in [0.4, 0.5) is 4.79 Å². The van der Waals surface area contributed by atoms with Crippen LogP contribution in [0, 0.1) is 5.92 Å². The Kier molecular flexibility index (Phi) is 5.97. The van der Waals surface area contributed by atoms with E-state index in [-0.39, 0.29) is 12.1 Å². The van der Waals surface area contributed by atoms with E-state index in [1.807, 2.05) is 6.92 Å². The van der Waals surface area contributed by atoms with Crippen molar-refractivity contribution in [3.05, 3.63) is 0 Å². The number of hydrogen-bond donors (Lipinski definition) is 0. The third-order valence-electron chi connectivity index (χ3n) is 3.94. The monoisotopic (exact) mass is 313 g/mol. The summed E-state index contributed by atoms with van der Waals surface area (Å²) in [6, 6.07) is -0.369. The molecule has 0 N–H and O–H groups in total. The molecule has 1 aliphatic heterocycles. The number of carbonyl (C=O) groups excluding carboxylic acids is 3. The Bertz CT molecular complexity index is 440. The van der Waals surface area contributed by atoms with Crippen LogP contribution in [-0.2, 0) is 19.1 Å². The lowest BCUT2D eigenvalue weighted by atomic mass is 9.86. The standard InChI is InChI=1S/C16H27NO5/c1-10-8-7-9-12(11(2)13(18)14(19)21-6)17(10)15(20)22-16(3,4)5/h10-12H,7-9H2,1-6H3. The summed E-state index contributed by atoms with van der Waals surface area (Å²) < 4.78 is 9.96. The van der Waals surface area contributed by atoms with Crippen LogP contribution in [0.2, 0.25) is 0 Å². The second-order valence-electron chi connectivity index (χ2n) is 6.88. The maximum Gasteiger partial charge on any atom is 0.410 e. The van der Waals surface area contributed by atoms with Gasteiger partial charge >= 0.3 is 12.1 Å². The molecule has 0 aliphatic carbocycles. The van der Waals surface area contributed by atoms with Crippen molar-refractivity contribution in [1.29, 1.82) is 0 Å². The van der Waals surface area contributed by atoms with Gasteiger partial charge in [-0.25, -0.2) is 9.59 Å². The van der Waals surface area contributed by atoms with Crippen LogP contribution in [0.3, 0.4) is 0 Å². The number of amides is 1. The van der Waals surface area contributed by atoms with Crippen molar-refractivity contribution in [2.45, 2.75) is 71.6 Å². The average molecular weight is 313 g/mol. The number of methoxy groups -OCH3 is 1. The molecule has 1 amide bonds. The summed E-state index contributed by atoms with van der Waals surface area (Å²) in [5, 5.41) is 0. The smallest absolute Gasteiger partial charge is 0.410 e. The number of piperidine rings is 1. The van der Waals surface area contributed by atoms with E-state index in [2.05, 4.69) is 4.74 Å². The Balaban J connectivity index is 2.96. The SMILES string of the molecule is COC(=O)C(=O)C(C)C1CCCC(C)N1C(=O)OC(C)(C)C. The first-order valence-electron chi connectivity index (χ1n) is 7.72. The summed E-state index contributed by atoms with van der Waals surface area (Å²) in [7, 11) is 1.18. The lowest BCUT2D eigenvalue weighted by Crippen LogP contribution is -2.54. The van der Waals surface area contributed by atoms with Crippen LogP contribution < -0.4 is 0 Å². The van der Waals surface area contributed by atoms with Crippen molar-refractivity contribution in [1.82, 2.24) is 4.90 Å². The first-order valence-corrected chi connectivity index (χ1v) is 7.72. The van der Waals surface area contributed by atoms with Gasteiger partial charge in [0.15, 0.2) is 0 Å². The van der Waals surface area contributed by atoms with Gasteiger partial charge in [-0.3, -0.25) is 4.79 Å². The fourth-order valence-electron chi connectivity index (χ4n) is 2.81. The third kappa shape index (κ3) is 4.45. The van der Waals surface area contributed by atoms with E-state index in [4.69, 9.17) is 4.74 Å². The third-order valence-corrected chi connectivity index (χ3v) is 3.94. The zero-order valence-electron chi connectivity index (χ0n) is 14.3. The lowest BCUT2D eigenvalue weighted by molar-refractivity contribution is -0.154. The molecule has 1 fully saturated rings. The van der Waals surface area contributed by atoms with E-state index in [1.54, 1.807) is 32.6 Å². The number of hydrogen-bond acceptors (Lipinski definition) is 5. The molecule has 126 valence electrons. The Morgan fingerprint density at radius 2 is 1.77 bits per heavy atom. The number of rotatable bonds is 3. The molecule has 1 rings (SSSR count). The van der Waals surface area contributed by atoms with Crippen molar-refractivity contribution in [2.75, 3.05) is 7.11 Å². The summed E-state index contributed by atoms with van der Waals surface area (Å²) in [5.74, 6) is -2.08. The van der Waals surface area contributed by atoms with E-state index in [1.165, 1.54) is 7.11 Å². The molecular formula is C16H27NO5. The highest BCUT2D eigenvalue weighted by molar-refractivity contribution is 6.34. The molecular weight excluding hydrogens is 286 g/mol. The van der Waals surface area contributed by atoms with Crippen LogP contribution >= 0.6 is 0 Å². The number of nitrogens with zero attached hydrogens (tertiary/aromatic N) is 1. The maximum absolute atomic E-state index is 12.5. The summed E-state index contributed by atoms with van der Waals surface area (Å²) >= 11 is 0. The molecule has 0 aromatic heterocycles. The highest BCUT2D eigenvalue weighted by atomic mass is 16.6. The van der Waals surface area contributed by atoms with Gasteiger partial charge in [0.25, 0.3) is 0 Å². The normalized spacial score (nSPS) is 23.6. The van der Waals surface area contributed by atoms with Crippen molar-refractivity contribution < 1.29 is 23.9 Å². The number of esters is 1. The minimum absolute atomic E-state index is 0.0264. The molecule has 3 unspecified atom stereocenters. The lowest BCUT2D eigenvalue weighted by Gasteiger charge is -2.43. The summed E-state index contributed by atoms with van der Waals surface area (Å²) in [6.07, 6.45) is 2.00. The molecule has 1 saturated heterocycles. The molecule has 0 bridgehead atoms. The van der Waals surface area contributed by atoms with Crippen LogP contribution in [0.25, 0.3) is 0 Å². The largest absolute Gasteiger partial charge is 0.463 e. The van der Waals surface area contributed by atoms with Crippen molar-refractivity contribution in [3.8, 4) is 0 Å². The fraction of sp³-hybridized carbons (Fsp3) is 0.812. The van der Waals surface area contributed by atoms with E-state index >= 15 is 0 Å². The maximum atomic E-state index is 12.5. The molecule has 0 saturated carbocycles. The number of Topliss-reactive ketones (excluding diaryl/α,β-unsaturated/α-hetero) is 1. The van der Waals surface area contributed by atoms with E-state index in [9.17, 15) is 14.4 Å². The molecule has 6 nitrogen and oxygen atoms in total. The van der Waals surface area contributed by atoms with Crippen LogP contribution in [0.5, 0.6) is 0 Å². The van der Waals surface area contributed by atoms with Gasteiger partial charge in [-0.1, -0.05) is 6.92 Å². The fourth-order valence-corrected chi connectivity index (χ4v) is 2.81. The predicted octanol–water partition coefficient (Wildman–Crippen LogP) is 2.54. The molecule has 22 heavy (non-hydrogen) atoms. The number of likely N-dealkylation sites (tertiary alicyclic amines) is 1. The minimum Gasteiger partial charge on any atom is -0.463 e. The highest BCUT2D eigenvalue weighted by Gasteiger charge is 2.41. The first kappa shape index (κ1) is 18.5. The van der Waals surface area contributed by atoms with Crippen molar-refractivity contribution in [3.63, 3.8) is 0 Å². The Morgan fingerprint density at radius 3 is 2.27 bits per heavy atom. The zero-order chi connectivity index (χ0) is 17.1.